The molecule has 33 heavy (non-hydrogen) atoms. The number of amides is 3. The van der Waals surface area contributed by atoms with Crippen molar-refractivity contribution in [2.24, 2.45) is 7.05 Å². The van der Waals surface area contributed by atoms with Crippen LogP contribution in [0.3, 0.4) is 0 Å². The number of carbonyl (C=O) groups excluding carboxylic acids is 2. The van der Waals surface area contributed by atoms with E-state index in [0.717, 1.165) is 33.3 Å². The van der Waals surface area contributed by atoms with E-state index in [1.54, 1.807) is 48.0 Å². The van der Waals surface area contributed by atoms with E-state index in [9.17, 15) is 14.4 Å². The van der Waals surface area contributed by atoms with Crippen LogP contribution in [-0.4, -0.2) is 22.5 Å². The molecule has 4 rings (SSSR count). The van der Waals surface area contributed by atoms with Gasteiger partial charge in [0.25, 0.3) is 11.5 Å². The van der Waals surface area contributed by atoms with E-state index in [1.807, 2.05) is 19.1 Å². The van der Waals surface area contributed by atoms with Crippen LogP contribution >= 0.6 is 15.9 Å². The number of urea groups is 1. The maximum atomic E-state index is 13.2. The van der Waals surface area contributed by atoms with Gasteiger partial charge in [0.15, 0.2) is 0 Å². The first-order valence-corrected chi connectivity index (χ1v) is 11.5. The molecule has 1 unspecified atom stereocenters. The summed E-state index contributed by atoms with van der Waals surface area (Å²) in [5.41, 5.74) is 5.18. The number of imide groups is 1. The van der Waals surface area contributed by atoms with E-state index in [1.165, 1.54) is 0 Å². The van der Waals surface area contributed by atoms with E-state index in [0.29, 0.717) is 29.4 Å². The van der Waals surface area contributed by atoms with Crippen LogP contribution in [0.4, 0.5) is 10.5 Å². The first kappa shape index (κ1) is 22.9. The molecule has 0 radical (unpaired) electrons. The van der Waals surface area contributed by atoms with Crippen LogP contribution in [0.2, 0.25) is 0 Å². The van der Waals surface area contributed by atoms with Gasteiger partial charge in [0.1, 0.15) is 0 Å². The number of hydrogen-bond acceptors (Lipinski definition) is 4. The Labute approximate surface area is 200 Å². The molecule has 1 aromatic heterocycles. The second kappa shape index (κ2) is 9.33. The summed E-state index contributed by atoms with van der Waals surface area (Å²) in [5.74, 6) is -0.502. The number of nitrogens with zero attached hydrogens (tertiary/aromatic N) is 1. The fourth-order valence-electron chi connectivity index (χ4n) is 4.03. The summed E-state index contributed by atoms with van der Waals surface area (Å²) in [6.07, 6.45) is 0.800. The molecule has 0 saturated heterocycles. The Morgan fingerprint density at radius 1 is 1.09 bits per heavy atom. The molecule has 0 aliphatic carbocycles. The monoisotopic (exact) mass is 508 g/mol. The molecule has 0 bridgehead atoms. The second-order valence-electron chi connectivity index (χ2n) is 8.33. The molecule has 0 fully saturated rings. The van der Waals surface area contributed by atoms with Crippen molar-refractivity contribution < 1.29 is 9.59 Å². The number of aromatic nitrogens is 1. The average molecular weight is 509 g/mol. The minimum Gasteiger partial charge on any atom is -0.315 e. The third kappa shape index (κ3) is 4.91. The fourth-order valence-corrected chi connectivity index (χ4v) is 4.29. The summed E-state index contributed by atoms with van der Waals surface area (Å²) in [7, 11) is 1.81. The lowest BCUT2D eigenvalue weighted by Gasteiger charge is -2.26. The van der Waals surface area contributed by atoms with Crippen molar-refractivity contribution in [1.29, 1.82) is 0 Å². The van der Waals surface area contributed by atoms with E-state index < -0.39 is 11.9 Å². The SMILES string of the molecule is Cc1ccc(NC(=O)NC(=O)c2ccc(Br)cc2)cc1-c1cc2c(n(C)c1=O)CC(C)NC2. The zero-order valence-corrected chi connectivity index (χ0v) is 20.2. The molecular formula is C25H25BrN4O3. The molecule has 2 heterocycles. The van der Waals surface area contributed by atoms with Gasteiger partial charge in [-0.3, -0.25) is 14.9 Å². The van der Waals surface area contributed by atoms with E-state index in [-0.39, 0.29) is 5.56 Å². The quantitative estimate of drug-likeness (QED) is 0.496. The largest absolute Gasteiger partial charge is 0.326 e. The predicted molar refractivity (Wildman–Crippen MR) is 132 cm³/mol. The van der Waals surface area contributed by atoms with Crippen LogP contribution in [0.5, 0.6) is 0 Å². The molecule has 0 spiro atoms. The number of carbonyl (C=O) groups is 2. The molecule has 3 N–H and O–H groups in total. The second-order valence-corrected chi connectivity index (χ2v) is 9.24. The summed E-state index contributed by atoms with van der Waals surface area (Å²) in [5, 5.41) is 8.45. The summed E-state index contributed by atoms with van der Waals surface area (Å²) >= 11 is 3.32. The number of benzene rings is 2. The Balaban J connectivity index is 1.58. The number of pyridine rings is 1. The van der Waals surface area contributed by atoms with Crippen LogP contribution < -0.4 is 21.5 Å². The molecule has 8 heteroatoms. The zero-order chi connectivity index (χ0) is 23.7. The first-order valence-electron chi connectivity index (χ1n) is 10.7. The number of fused-ring (bicyclic) bond motifs is 1. The summed E-state index contributed by atoms with van der Waals surface area (Å²) in [6.45, 7) is 4.73. The molecule has 1 atom stereocenters. The van der Waals surface area contributed by atoms with Gasteiger partial charge < -0.3 is 15.2 Å². The Morgan fingerprint density at radius 2 is 1.82 bits per heavy atom. The van der Waals surface area contributed by atoms with Crippen molar-refractivity contribution in [2.75, 3.05) is 5.32 Å². The van der Waals surface area contributed by atoms with Crippen molar-refractivity contribution in [3.8, 4) is 11.1 Å². The highest BCUT2D eigenvalue weighted by Gasteiger charge is 2.21. The highest BCUT2D eigenvalue weighted by Crippen LogP contribution is 2.27. The van der Waals surface area contributed by atoms with Gasteiger partial charge in [0, 0.05) is 53.0 Å². The van der Waals surface area contributed by atoms with Crippen molar-refractivity contribution >= 4 is 33.6 Å². The lowest BCUT2D eigenvalue weighted by Crippen LogP contribution is -2.37. The number of aryl methyl sites for hydroxylation is 1. The molecule has 1 aliphatic heterocycles. The molecule has 3 amide bonds. The van der Waals surface area contributed by atoms with Gasteiger partial charge in [0.05, 0.1) is 0 Å². The topological polar surface area (TPSA) is 92.2 Å². The number of anilines is 1. The summed E-state index contributed by atoms with van der Waals surface area (Å²) < 4.78 is 2.57. The standard InChI is InChI=1S/C25H25BrN4O3/c1-14-4-9-19(28-25(33)29-23(31)16-5-7-18(26)8-6-16)12-20(14)21-11-17-13-27-15(2)10-22(17)30(3)24(21)32/h4-9,11-12,15,27H,10,13H2,1-3H3,(H2,28,29,31,33). The molecular weight excluding hydrogens is 484 g/mol. The number of nitrogens with one attached hydrogen (secondary N) is 3. The van der Waals surface area contributed by atoms with Gasteiger partial charge in [-0.15, -0.1) is 0 Å². The maximum absolute atomic E-state index is 13.2. The van der Waals surface area contributed by atoms with E-state index >= 15 is 0 Å². The van der Waals surface area contributed by atoms with E-state index in [2.05, 4.69) is 38.8 Å². The van der Waals surface area contributed by atoms with Gasteiger partial charge in [0.2, 0.25) is 0 Å². The lowest BCUT2D eigenvalue weighted by atomic mass is 9.95. The number of halogens is 1. The van der Waals surface area contributed by atoms with Crippen molar-refractivity contribution in [3.05, 3.63) is 85.7 Å². The van der Waals surface area contributed by atoms with Crippen LogP contribution in [0.1, 0.15) is 34.1 Å². The van der Waals surface area contributed by atoms with Gasteiger partial charge >= 0.3 is 6.03 Å². The molecule has 2 aromatic carbocycles. The van der Waals surface area contributed by atoms with Crippen molar-refractivity contribution in [3.63, 3.8) is 0 Å². The highest BCUT2D eigenvalue weighted by molar-refractivity contribution is 9.10. The summed E-state index contributed by atoms with van der Waals surface area (Å²) in [6, 6.07) is 13.7. The van der Waals surface area contributed by atoms with Crippen molar-refractivity contribution in [2.45, 2.75) is 32.9 Å². The van der Waals surface area contributed by atoms with Gasteiger partial charge in [-0.1, -0.05) is 22.0 Å². The number of rotatable bonds is 3. The minimum atomic E-state index is -0.644. The Kier molecular flexibility index (Phi) is 6.49. The van der Waals surface area contributed by atoms with Gasteiger partial charge in [-0.05, 0) is 73.0 Å². The normalized spacial score (nSPS) is 15.0. The highest BCUT2D eigenvalue weighted by atomic mass is 79.9. The maximum Gasteiger partial charge on any atom is 0.326 e. The molecule has 0 saturated carbocycles. The van der Waals surface area contributed by atoms with E-state index in [4.69, 9.17) is 0 Å². The van der Waals surface area contributed by atoms with Gasteiger partial charge in [-0.25, -0.2) is 4.79 Å². The van der Waals surface area contributed by atoms with Crippen LogP contribution in [0.15, 0.2) is 57.8 Å². The predicted octanol–water partition coefficient (Wildman–Crippen LogP) is 4.12. The third-order valence-corrected chi connectivity index (χ3v) is 6.42. The Morgan fingerprint density at radius 3 is 2.55 bits per heavy atom. The fraction of sp³-hybridized carbons (Fsp3) is 0.240. The first-order chi connectivity index (χ1) is 15.7. The smallest absolute Gasteiger partial charge is 0.315 e. The molecule has 170 valence electrons. The third-order valence-electron chi connectivity index (χ3n) is 5.89. The summed E-state index contributed by atoms with van der Waals surface area (Å²) in [4.78, 5) is 37.9. The van der Waals surface area contributed by atoms with Crippen LogP contribution in [0.25, 0.3) is 11.1 Å². The van der Waals surface area contributed by atoms with Crippen molar-refractivity contribution in [1.82, 2.24) is 15.2 Å². The average Bonchev–Trinajstić information content (AvgIpc) is 2.78. The zero-order valence-electron chi connectivity index (χ0n) is 18.7. The number of hydrogen-bond donors (Lipinski definition) is 3. The molecule has 1 aliphatic rings. The van der Waals surface area contributed by atoms with Gasteiger partial charge in [-0.2, -0.15) is 0 Å². The minimum absolute atomic E-state index is 0.0713. The Hall–Kier alpha value is -3.23. The Bertz CT molecular complexity index is 1300. The molecule has 7 nitrogen and oxygen atoms in total. The van der Waals surface area contributed by atoms with Crippen LogP contribution in [0, 0.1) is 6.92 Å². The van der Waals surface area contributed by atoms with Crippen LogP contribution in [-0.2, 0) is 20.0 Å². The lowest BCUT2D eigenvalue weighted by molar-refractivity contribution is 0.0967. The molecule has 3 aromatic rings.